The lowest BCUT2D eigenvalue weighted by Crippen LogP contribution is -2.30. The molecule has 1 saturated heterocycles. The second kappa shape index (κ2) is 6.89. The lowest BCUT2D eigenvalue weighted by Gasteiger charge is -2.25. The lowest BCUT2D eigenvalue weighted by atomic mass is 10.0. The lowest BCUT2D eigenvalue weighted by molar-refractivity contribution is 0.0773. The summed E-state index contributed by atoms with van der Waals surface area (Å²) >= 11 is 1.72. The zero-order valence-corrected chi connectivity index (χ0v) is 12.5. The molecule has 4 heteroatoms. The highest BCUT2D eigenvalue weighted by molar-refractivity contribution is 7.97. The van der Waals surface area contributed by atoms with Gasteiger partial charge in [0.15, 0.2) is 5.78 Å². The standard InChI is InChI=1S/C17H17NO2S/c19-17(14-4-2-1-3-5-14)15-6-8-16(9-7-15)21-18-10-12-20-13-11-18/h1-9H,10-13H2. The average Bonchev–Trinajstić information content (AvgIpc) is 2.57. The summed E-state index contributed by atoms with van der Waals surface area (Å²) in [6.45, 7) is 3.46. The first kappa shape index (κ1) is 14.3. The summed E-state index contributed by atoms with van der Waals surface area (Å²) in [5, 5.41) is 0. The van der Waals surface area contributed by atoms with Gasteiger partial charge in [0.1, 0.15) is 0 Å². The molecule has 0 bridgehead atoms. The van der Waals surface area contributed by atoms with E-state index in [0.29, 0.717) is 0 Å². The van der Waals surface area contributed by atoms with Crippen molar-refractivity contribution in [1.82, 2.24) is 4.31 Å². The Labute approximate surface area is 129 Å². The zero-order chi connectivity index (χ0) is 14.5. The smallest absolute Gasteiger partial charge is 0.193 e. The molecule has 0 aliphatic carbocycles. The van der Waals surface area contributed by atoms with Crippen molar-refractivity contribution >= 4 is 17.7 Å². The predicted octanol–water partition coefficient (Wildman–Crippen LogP) is 3.26. The Hall–Kier alpha value is -1.62. The van der Waals surface area contributed by atoms with Crippen LogP contribution >= 0.6 is 11.9 Å². The van der Waals surface area contributed by atoms with Crippen LogP contribution in [-0.2, 0) is 4.74 Å². The molecular weight excluding hydrogens is 282 g/mol. The molecule has 0 spiro atoms. The minimum atomic E-state index is 0.0681. The Bertz CT molecular complexity index is 592. The van der Waals surface area contributed by atoms with Crippen LogP contribution in [0, 0.1) is 0 Å². The molecule has 2 aromatic rings. The van der Waals surface area contributed by atoms with Gasteiger partial charge in [-0.05, 0) is 36.2 Å². The summed E-state index contributed by atoms with van der Waals surface area (Å²) < 4.78 is 7.63. The molecule has 21 heavy (non-hydrogen) atoms. The maximum Gasteiger partial charge on any atom is 0.193 e. The normalized spacial score (nSPS) is 15.8. The molecule has 3 nitrogen and oxygen atoms in total. The fourth-order valence-electron chi connectivity index (χ4n) is 2.21. The number of nitrogens with zero attached hydrogens (tertiary/aromatic N) is 1. The summed E-state index contributed by atoms with van der Waals surface area (Å²) in [4.78, 5) is 13.5. The summed E-state index contributed by atoms with van der Waals surface area (Å²) in [7, 11) is 0. The first-order chi connectivity index (χ1) is 10.3. The summed E-state index contributed by atoms with van der Waals surface area (Å²) in [6.07, 6.45) is 0. The number of ether oxygens (including phenoxy) is 1. The second-order valence-electron chi connectivity index (χ2n) is 4.85. The molecule has 0 atom stereocenters. The molecule has 108 valence electrons. The number of hydrogen-bond acceptors (Lipinski definition) is 4. The molecule has 1 heterocycles. The predicted molar refractivity (Wildman–Crippen MR) is 84.6 cm³/mol. The van der Waals surface area contributed by atoms with Crippen LogP contribution in [0.5, 0.6) is 0 Å². The van der Waals surface area contributed by atoms with Crippen molar-refractivity contribution in [3.63, 3.8) is 0 Å². The van der Waals surface area contributed by atoms with Gasteiger partial charge in [-0.15, -0.1) is 0 Å². The van der Waals surface area contributed by atoms with E-state index in [4.69, 9.17) is 4.74 Å². The second-order valence-corrected chi connectivity index (χ2v) is 6.02. The number of rotatable bonds is 4. The van der Waals surface area contributed by atoms with Gasteiger partial charge in [0, 0.05) is 29.1 Å². The molecule has 0 unspecified atom stereocenters. The van der Waals surface area contributed by atoms with Crippen LogP contribution < -0.4 is 0 Å². The average molecular weight is 299 g/mol. The quantitative estimate of drug-likeness (QED) is 0.640. The van der Waals surface area contributed by atoms with Crippen molar-refractivity contribution in [2.45, 2.75) is 4.90 Å². The number of hydrogen-bond donors (Lipinski definition) is 0. The minimum absolute atomic E-state index is 0.0681. The number of benzene rings is 2. The van der Waals surface area contributed by atoms with Crippen molar-refractivity contribution < 1.29 is 9.53 Å². The van der Waals surface area contributed by atoms with Gasteiger partial charge >= 0.3 is 0 Å². The van der Waals surface area contributed by atoms with E-state index < -0.39 is 0 Å². The molecule has 1 aliphatic heterocycles. The summed E-state index contributed by atoms with van der Waals surface area (Å²) in [5.41, 5.74) is 1.46. The Morgan fingerprint density at radius 3 is 2.19 bits per heavy atom. The van der Waals surface area contributed by atoms with Gasteiger partial charge in [-0.1, -0.05) is 30.3 Å². The van der Waals surface area contributed by atoms with Crippen molar-refractivity contribution in [3.05, 3.63) is 65.7 Å². The van der Waals surface area contributed by atoms with Crippen LogP contribution in [0.4, 0.5) is 0 Å². The molecule has 0 saturated carbocycles. The molecule has 0 aromatic heterocycles. The Kier molecular flexibility index (Phi) is 4.70. The van der Waals surface area contributed by atoms with Crippen LogP contribution in [0.3, 0.4) is 0 Å². The molecular formula is C17H17NO2S. The third kappa shape index (κ3) is 3.73. The molecule has 1 fully saturated rings. The highest BCUT2D eigenvalue weighted by Crippen LogP contribution is 2.24. The third-order valence-corrected chi connectivity index (χ3v) is 4.46. The van der Waals surface area contributed by atoms with Crippen LogP contribution in [0.25, 0.3) is 0 Å². The first-order valence-electron chi connectivity index (χ1n) is 7.03. The van der Waals surface area contributed by atoms with Gasteiger partial charge in [0.2, 0.25) is 0 Å². The molecule has 1 aliphatic rings. The molecule has 0 radical (unpaired) electrons. The first-order valence-corrected chi connectivity index (χ1v) is 7.81. The van der Waals surface area contributed by atoms with E-state index in [1.165, 1.54) is 0 Å². The van der Waals surface area contributed by atoms with Crippen molar-refractivity contribution in [2.24, 2.45) is 0 Å². The van der Waals surface area contributed by atoms with Gasteiger partial charge in [-0.2, -0.15) is 0 Å². The fourth-order valence-corrected chi connectivity index (χ4v) is 3.10. The molecule has 0 N–H and O–H groups in total. The maximum atomic E-state index is 12.3. The largest absolute Gasteiger partial charge is 0.379 e. The third-order valence-electron chi connectivity index (χ3n) is 3.36. The molecule has 3 rings (SSSR count). The van der Waals surface area contributed by atoms with Crippen LogP contribution in [0.2, 0.25) is 0 Å². The van der Waals surface area contributed by atoms with E-state index in [-0.39, 0.29) is 5.78 Å². The minimum Gasteiger partial charge on any atom is -0.379 e. The number of carbonyl (C=O) groups excluding carboxylic acids is 1. The van der Waals surface area contributed by atoms with Crippen molar-refractivity contribution in [3.8, 4) is 0 Å². The number of morpholine rings is 1. The molecule has 0 amide bonds. The van der Waals surface area contributed by atoms with E-state index in [1.54, 1.807) is 11.9 Å². The SMILES string of the molecule is O=C(c1ccccc1)c1ccc(SN2CCOCC2)cc1. The number of ketones is 1. The van der Waals surface area contributed by atoms with E-state index in [0.717, 1.165) is 42.3 Å². The Morgan fingerprint density at radius 2 is 1.52 bits per heavy atom. The van der Waals surface area contributed by atoms with E-state index in [2.05, 4.69) is 4.31 Å². The van der Waals surface area contributed by atoms with E-state index >= 15 is 0 Å². The van der Waals surface area contributed by atoms with Crippen LogP contribution in [-0.4, -0.2) is 36.4 Å². The van der Waals surface area contributed by atoms with Gasteiger partial charge in [0.25, 0.3) is 0 Å². The van der Waals surface area contributed by atoms with Crippen molar-refractivity contribution in [2.75, 3.05) is 26.3 Å². The van der Waals surface area contributed by atoms with Gasteiger partial charge in [0.05, 0.1) is 13.2 Å². The van der Waals surface area contributed by atoms with E-state index in [9.17, 15) is 4.79 Å². The maximum absolute atomic E-state index is 12.3. The highest BCUT2D eigenvalue weighted by atomic mass is 32.2. The van der Waals surface area contributed by atoms with Crippen LogP contribution in [0.1, 0.15) is 15.9 Å². The van der Waals surface area contributed by atoms with E-state index in [1.807, 2.05) is 54.6 Å². The topological polar surface area (TPSA) is 29.5 Å². The molecule has 2 aromatic carbocycles. The zero-order valence-electron chi connectivity index (χ0n) is 11.7. The monoisotopic (exact) mass is 299 g/mol. The Balaban J connectivity index is 1.67. The highest BCUT2D eigenvalue weighted by Gasteiger charge is 2.12. The van der Waals surface area contributed by atoms with Gasteiger partial charge in [-0.25, -0.2) is 4.31 Å². The summed E-state index contributed by atoms with van der Waals surface area (Å²) in [5.74, 6) is 0.0681. The van der Waals surface area contributed by atoms with Crippen molar-refractivity contribution in [1.29, 1.82) is 0 Å². The van der Waals surface area contributed by atoms with Gasteiger partial charge < -0.3 is 4.74 Å². The fraction of sp³-hybridized carbons (Fsp3) is 0.235. The number of carbonyl (C=O) groups is 1. The van der Waals surface area contributed by atoms with Gasteiger partial charge in [-0.3, -0.25) is 4.79 Å². The summed E-state index contributed by atoms with van der Waals surface area (Å²) in [6, 6.07) is 17.2. The Morgan fingerprint density at radius 1 is 0.905 bits per heavy atom. The van der Waals surface area contributed by atoms with Crippen LogP contribution in [0.15, 0.2) is 59.5 Å².